The van der Waals surface area contributed by atoms with Gasteiger partial charge in [-0.05, 0) is 48.5 Å². The highest BCUT2D eigenvalue weighted by Crippen LogP contribution is 2.29. The minimum absolute atomic E-state index is 0.0262. The van der Waals surface area contributed by atoms with Crippen molar-refractivity contribution in [1.29, 1.82) is 0 Å². The number of nitrogens with zero attached hydrogens (tertiary/aromatic N) is 1. The lowest BCUT2D eigenvalue weighted by molar-refractivity contribution is -0.137. The molecule has 0 fully saturated rings. The number of carbonyl (C=O) groups excluding carboxylic acids is 1. The first kappa shape index (κ1) is 20.0. The highest BCUT2D eigenvalue weighted by Gasteiger charge is 2.29. The van der Waals surface area contributed by atoms with E-state index >= 15 is 0 Å². The molecule has 1 amide bonds. The number of amides is 1. The van der Waals surface area contributed by atoms with Crippen LogP contribution >= 0.6 is 0 Å². The van der Waals surface area contributed by atoms with Crippen molar-refractivity contribution >= 4 is 11.6 Å². The van der Waals surface area contributed by atoms with Gasteiger partial charge in [-0.25, -0.2) is 0 Å². The highest BCUT2D eigenvalue weighted by atomic mass is 19.4. The minimum Gasteiger partial charge on any atom is -0.326 e. The quantitative estimate of drug-likeness (QED) is 0.770. The van der Waals surface area contributed by atoms with E-state index in [0.29, 0.717) is 11.3 Å². The first-order chi connectivity index (χ1) is 12.3. The molecule has 2 rings (SSSR count). The second-order valence-electron chi connectivity index (χ2n) is 6.08. The van der Waals surface area contributed by atoms with Crippen molar-refractivity contribution in [2.75, 3.05) is 18.4 Å². The number of benzene rings is 2. The van der Waals surface area contributed by atoms with Gasteiger partial charge in [0.25, 0.3) is 0 Å². The first-order valence-electron chi connectivity index (χ1n) is 8.59. The number of hydrogen-bond donors (Lipinski definition) is 1. The van der Waals surface area contributed by atoms with Crippen LogP contribution in [0, 0.1) is 0 Å². The second kappa shape index (κ2) is 8.85. The van der Waals surface area contributed by atoms with Gasteiger partial charge in [-0.3, -0.25) is 9.69 Å². The van der Waals surface area contributed by atoms with Crippen LogP contribution in [0.3, 0.4) is 0 Å². The molecule has 2 aromatic carbocycles. The molecule has 0 atom stereocenters. The number of rotatable bonds is 7. The Bertz CT molecular complexity index is 723. The summed E-state index contributed by atoms with van der Waals surface area (Å²) in [6.45, 7) is 6.88. The molecule has 1 N–H and O–H groups in total. The van der Waals surface area contributed by atoms with Gasteiger partial charge in [-0.1, -0.05) is 38.1 Å². The minimum atomic E-state index is -4.37. The van der Waals surface area contributed by atoms with E-state index in [4.69, 9.17) is 0 Å². The van der Waals surface area contributed by atoms with Crippen LogP contribution in [0.25, 0.3) is 0 Å². The third-order valence-corrected chi connectivity index (χ3v) is 4.16. The topological polar surface area (TPSA) is 32.3 Å². The fourth-order valence-corrected chi connectivity index (χ4v) is 2.66. The van der Waals surface area contributed by atoms with Gasteiger partial charge < -0.3 is 5.32 Å². The molecule has 140 valence electrons. The Morgan fingerprint density at radius 2 is 1.65 bits per heavy atom. The smallest absolute Gasteiger partial charge is 0.326 e. The fraction of sp³-hybridized carbons (Fsp3) is 0.350. The molecule has 0 unspecified atom stereocenters. The lowest BCUT2D eigenvalue weighted by Crippen LogP contribution is -2.22. The Kier molecular flexibility index (Phi) is 6.80. The van der Waals surface area contributed by atoms with Gasteiger partial charge in [0.05, 0.1) is 12.0 Å². The molecular formula is C20H23F3N2O. The monoisotopic (exact) mass is 364 g/mol. The number of anilines is 1. The highest BCUT2D eigenvalue weighted by molar-refractivity contribution is 5.92. The van der Waals surface area contributed by atoms with Crippen LogP contribution in [0.15, 0.2) is 48.5 Å². The lowest BCUT2D eigenvalue weighted by atomic mass is 10.1. The molecule has 26 heavy (non-hydrogen) atoms. The maximum atomic E-state index is 12.6. The molecule has 0 saturated heterocycles. The van der Waals surface area contributed by atoms with Crippen LogP contribution in [0.2, 0.25) is 0 Å². The van der Waals surface area contributed by atoms with Crippen molar-refractivity contribution in [3.8, 4) is 0 Å². The molecular weight excluding hydrogens is 341 g/mol. The first-order valence-corrected chi connectivity index (χ1v) is 8.59. The average molecular weight is 364 g/mol. The van der Waals surface area contributed by atoms with Gasteiger partial charge in [0, 0.05) is 12.2 Å². The molecule has 0 aliphatic rings. The Labute approximate surface area is 151 Å². The summed E-state index contributed by atoms with van der Waals surface area (Å²) in [6, 6.07) is 12.3. The van der Waals surface area contributed by atoms with E-state index in [0.717, 1.165) is 37.3 Å². The van der Waals surface area contributed by atoms with Crippen LogP contribution in [0.4, 0.5) is 18.9 Å². The van der Waals surface area contributed by atoms with Crippen molar-refractivity contribution < 1.29 is 18.0 Å². The standard InChI is InChI=1S/C20H23F3N2O/c1-3-25(4-2)14-16-6-5-7-18(12-16)24-19(26)13-15-8-10-17(11-9-15)20(21,22)23/h5-12H,3-4,13-14H2,1-2H3,(H,24,26). The van der Waals surface area contributed by atoms with Gasteiger partial charge in [0.1, 0.15) is 0 Å². The lowest BCUT2D eigenvalue weighted by Gasteiger charge is -2.18. The van der Waals surface area contributed by atoms with Gasteiger partial charge >= 0.3 is 6.18 Å². The van der Waals surface area contributed by atoms with E-state index in [1.165, 1.54) is 12.1 Å². The van der Waals surface area contributed by atoms with Crippen molar-refractivity contribution in [2.24, 2.45) is 0 Å². The summed E-state index contributed by atoms with van der Waals surface area (Å²) in [5.41, 5.74) is 1.60. The van der Waals surface area contributed by atoms with E-state index in [2.05, 4.69) is 24.1 Å². The molecule has 0 bridgehead atoms. The van der Waals surface area contributed by atoms with Crippen molar-refractivity contribution in [3.63, 3.8) is 0 Å². The molecule has 0 spiro atoms. The van der Waals surface area contributed by atoms with E-state index in [1.54, 1.807) is 6.07 Å². The third kappa shape index (κ3) is 5.88. The summed E-state index contributed by atoms with van der Waals surface area (Å²) < 4.78 is 37.7. The normalized spacial score (nSPS) is 11.6. The zero-order chi connectivity index (χ0) is 19.2. The van der Waals surface area contributed by atoms with Gasteiger partial charge in [0.15, 0.2) is 0 Å². The zero-order valence-corrected chi connectivity index (χ0v) is 14.9. The maximum Gasteiger partial charge on any atom is 0.416 e. The Morgan fingerprint density at radius 1 is 1.00 bits per heavy atom. The van der Waals surface area contributed by atoms with E-state index < -0.39 is 11.7 Å². The molecule has 3 nitrogen and oxygen atoms in total. The molecule has 6 heteroatoms. The molecule has 0 aromatic heterocycles. The Balaban J connectivity index is 1.97. The number of nitrogens with one attached hydrogen (secondary N) is 1. The van der Waals surface area contributed by atoms with Crippen molar-refractivity contribution in [1.82, 2.24) is 4.90 Å². The summed E-state index contributed by atoms with van der Waals surface area (Å²) in [5, 5.41) is 2.81. The van der Waals surface area contributed by atoms with Crippen molar-refractivity contribution in [2.45, 2.75) is 33.0 Å². The van der Waals surface area contributed by atoms with Crippen LogP contribution in [0.1, 0.15) is 30.5 Å². The Morgan fingerprint density at radius 3 is 2.23 bits per heavy atom. The van der Waals surface area contributed by atoms with Crippen molar-refractivity contribution in [3.05, 3.63) is 65.2 Å². The average Bonchev–Trinajstić information content (AvgIpc) is 2.59. The van der Waals surface area contributed by atoms with Crippen LogP contribution in [-0.2, 0) is 23.9 Å². The SMILES string of the molecule is CCN(CC)Cc1cccc(NC(=O)Cc2ccc(C(F)(F)F)cc2)c1. The predicted molar refractivity (Wildman–Crippen MR) is 96.8 cm³/mol. The summed E-state index contributed by atoms with van der Waals surface area (Å²) >= 11 is 0. The third-order valence-electron chi connectivity index (χ3n) is 4.16. The van der Waals surface area contributed by atoms with Crippen LogP contribution < -0.4 is 5.32 Å². The molecule has 0 radical (unpaired) electrons. The molecule has 0 saturated carbocycles. The summed E-state index contributed by atoms with van der Waals surface area (Å²) in [4.78, 5) is 14.4. The summed E-state index contributed by atoms with van der Waals surface area (Å²) in [5.74, 6) is -0.259. The van der Waals surface area contributed by atoms with E-state index in [1.807, 2.05) is 18.2 Å². The summed E-state index contributed by atoms with van der Waals surface area (Å²) in [6.07, 6.45) is -4.34. The van der Waals surface area contributed by atoms with Crippen LogP contribution in [-0.4, -0.2) is 23.9 Å². The van der Waals surface area contributed by atoms with Crippen LogP contribution in [0.5, 0.6) is 0 Å². The number of halogens is 3. The molecule has 2 aromatic rings. The molecule has 0 aliphatic heterocycles. The van der Waals surface area contributed by atoms with Gasteiger partial charge in [0.2, 0.25) is 5.91 Å². The number of alkyl halides is 3. The largest absolute Gasteiger partial charge is 0.416 e. The number of hydrogen-bond acceptors (Lipinski definition) is 2. The predicted octanol–water partition coefficient (Wildman–Crippen LogP) is 4.73. The summed E-state index contributed by atoms with van der Waals surface area (Å²) in [7, 11) is 0. The maximum absolute atomic E-state index is 12.6. The zero-order valence-electron chi connectivity index (χ0n) is 14.9. The van der Waals surface area contributed by atoms with E-state index in [-0.39, 0.29) is 12.3 Å². The Hall–Kier alpha value is -2.34. The van der Waals surface area contributed by atoms with Gasteiger partial charge in [-0.15, -0.1) is 0 Å². The fourth-order valence-electron chi connectivity index (χ4n) is 2.66. The second-order valence-corrected chi connectivity index (χ2v) is 6.08. The van der Waals surface area contributed by atoms with Gasteiger partial charge in [-0.2, -0.15) is 13.2 Å². The van der Waals surface area contributed by atoms with E-state index in [9.17, 15) is 18.0 Å². The molecule has 0 aliphatic carbocycles. The molecule has 0 heterocycles. The number of carbonyl (C=O) groups is 1.